The minimum Gasteiger partial charge on any atom is -0.478 e. The van der Waals surface area contributed by atoms with Gasteiger partial charge in [0.15, 0.2) is 0 Å². The highest BCUT2D eigenvalue weighted by Gasteiger charge is 2.01. The van der Waals surface area contributed by atoms with E-state index in [4.69, 9.17) is 5.11 Å². The molecule has 0 unspecified atom stereocenters. The minimum atomic E-state index is -1.06. The maximum atomic E-state index is 10.2. The fourth-order valence-corrected chi connectivity index (χ4v) is 0.771. The zero-order valence-electron chi connectivity index (χ0n) is 6.70. The summed E-state index contributed by atoms with van der Waals surface area (Å²) in [5, 5.41) is 8.29. The molecule has 3 nitrogen and oxygen atoms in total. The van der Waals surface area contributed by atoms with E-state index < -0.39 is 5.97 Å². The monoisotopic (exact) mass is 156 g/mol. The highest BCUT2D eigenvalue weighted by atomic mass is 16.4. The third-order valence-corrected chi connectivity index (χ3v) is 1.10. The Kier molecular flexibility index (Phi) is 4.18. The molecule has 0 atom stereocenters. The lowest BCUT2D eigenvalue weighted by atomic mass is 10.0. The van der Waals surface area contributed by atoms with Crippen LogP contribution in [0.15, 0.2) is 11.6 Å². The van der Waals surface area contributed by atoms with E-state index in [0.717, 1.165) is 6.08 Å². The van der Waals surface area contributed by atoms with Crippen molar-refractivity contribution < 1.29 is 14.7 Å². The maximum Gasteiger partial charge on any atom is 0.328 e. The lowest BCUT2D eigenvalue weighted by molar-refractivity contribution is -0.131. The van der Waals surface area contributed by atoms with Gasteiger partial charge in [0.25, 0.3) is 0 Å². The molecule has 0 fully saturated rings. The molecule has 0 aromatic carbocycles. The summed E-state index contributed by atoms with van der Waals surface area (Å²) in [7, 11) is 0. The van der Waals surface area contributed by atoms with Crippen LogP contribution in [0.2, 0.25) is 0 Å². The second-order valence-electron chi connectivity index (χ2n) is 2.77. The van der Waals surface area contributed by atoms with Crippen LogP contribution in [0, 0.1) is 5.92 Å². The Hall–Kier alpha value is -1.12. The molecule has 0 rings (SSSR count). The number of allylic oxidation sites excluding steroid dienone is 1. The molecular weight excluding hydrogens is 144 g/mol. The number of carbonyl (C=O) groups is 2. The molecule has 0 heterocycles. The van der Waals surface area contributed by atoms with Crippen LogP contribution in [-0.4, -0.2) is 17.4 Å². The summed E-state index contributed by atoms with van der Waals surface area (Å²) in [6.45, 7) is 3.86. The van der Waals surface area contributed by atoms with Crippen molar-refractivity contribution in [1.82, 2.24) is 0 Å². The fourth-order valence-electron chi connectivity index (χ4n) is 0.771. The second-order valence-corrected chi connectivity index (χ2v) is 2.77. The Labute approximate surface area is 65.7 Å². The van der Waals surface area contributed by atoms with E-state index in [0.29, 0.717) is 24.2 Å². The van der Waals surface area contributed by atoms with Gasteiger partial charge >= 0.3 is 5.97 Å². The Morgan fingerprint density at radius 3 is 2.36 bits per heavy atom. The quantitative estimate of drug-likeness (QED) is 0.492. The van der Waals surface area contributed by atoms with Crippen LogP contribution in [0.3, 0.4) is 0 Å². The maximum absolute atomic E-state index is 10.2. The molecule has 0 saturated heterocycles. The molecule has 0 amide bonds. The normalized spacial score (nSPS) is 11.7. The summed E-state index contributed by atoms with van der Waals surface area (Å²) in [6.07, 6.45) is 2.07. The standard InChI is InChI=1S/C8H12O3/c1-6(2)3-7(5-9)4-8(10)11/h4-6H,3H2,1-2H3,(H,10,11)/b7-4-. The van der Waals surface area contributed by atoms with Gasteiger partial charge in [0.1, 0.15) is 6.29 Å². The van der Waals surface area contributed by atoms with Gasteiger partial charge in [-0.3, -0.25) is 4.79 Å². The van der Waals surface area contributed by atoms with Crippen LogP contribution >= 0.6 is 0 Å². The first-order valence-electron chi connectivity index (χ1n) is 3.45. The van der Waals surface area contributed by atoms with Gasteiger partial charge in [0, 0.05) is 6.08 Å². The van der Waals surface area contributed by atoms with E-state index >= 15 is 0 Å². The average molecular weight is 156 g/mol. The molecule has 1 N–H and O–H groups in total. The number of aliphatic carboxylic acids is 1. The highest BCUT2D eigenvalue weighted by molar-refractivity contribution is 5.88. The van der Waals surface area contributed by atoms with Gasteiger partial charge in [-0.25, -0.2) is 4.79 Å². The topological polar surface area (TPSA) is 54.4 Å². The first-order valence-corrected chi connectivity index (χ1v) is 3.45. The highest BCUT2D eigenvalue weighted by Crippen LogP contribution is 2.07. The average Bonchev–Trinajstić information content (AvgIpc) is 1.84. The van der Waals surface area contributed by atoms with Crippen LogP contribution in [-0.2, 0) is 9.59 Å². The number of aldehydes is 1. The van der Waals surface area contributed by atoms with Crippen LogP contribution in [0.4, 0.5) is 0 Å². The molecule has 0 bridgehead atoms. The van der Waals surface area contributed by atoms with E-state index in [1.165, 1.54) is 0 Å². The van der Waals surface area contributed by atoms with Crippen LogP contribution in [0.25, 0.3) is 0 Å². The molecule has 0 spiro atoms. The summed E-state index contributed by atoms with van der Waals surface area (Å²) < 4.78 is 0. The zero-order chi connectivity index (χ0) is 8.85. The number of hydrogen-bond donors (Lipinski definition) is 1. The molecule has 0 aromatic heterocycles. The number of rotatable bonds is 4. The van der Waals surface area contributed by atoms with Gasteiger partial charge in [-0.1, -0.05) is 13.8 Å². The lowest BCUT2D eigenvalue weighted by Gasteiger charge is -2.01. The summed E-state index contributed by atoms with van der Waals surface area (Å²) in [5.41, 5.74) is 0.340. The molecule has 0 aliphatic rings. The van der Waals surface area contributed by atoms with Gasteiger partial charge in [0.05, 0.1) is 0 Å². The SMILES string of the molecule is CC(C)C/C(C=O)=C/C(=O)O. The van der Waals surface area contributed by atoms with Crippen molar-refractivity contribution >= 4 is 12.3 Å². The van der Waals surface area contributed by atoms with Crippen molar-refractivity contribution in [3.63, 3.8) is 0 Å². The summed E-state index contributed by atoms with van der Waals surface area (Å²) >= 11 is 0. The number of carbonyl (C=O) groups excluding carboxylic acids is 1. The van der Waals surface area contributed by atoms with Crippen molar-refractivity contribution in [2.75, 3.05) is 0 Å². The number of carboxylic acids is 1. The summed E-state index contributed by atoms with van der Waals surface area (Å²) in [4.78, 5) is 20.4. The molecule has 0 aliphatic carbocycles. The van der Waals surface area contributed by atoms with Crippen molar-refractivity contribution in [2.24, 2.45) is 5.92 Å². The third kappa shape index (κ3) is 5.33. The van der Waals surface area contributed by atoms with Crippen molar-refractivity contribution in [3.8, 4) is 0 Å². The van der Waals surface area contributed by atoms with Gasteiger partial charge < -0.3 is 5.11 Å². The van der Waals surface area contributed by atoms with Gasteiger partial charge in [-0.2, -0.15) is 0 Å². The van der Waals surface area contributed by atoms with E-state index in [-0.39, 0.29) is 0 Å². The molecule has 0 aromatic rings. The van der Waals surface area contributed by atoms with E-state index in [1.807, 2.05) is 13.8 Å². The fraction of sp³-hybridized carbons (Fsp3) is 0.500. The minimum absolute atomic E-state index is 0.311. The Balaban J connectivity index is 4.16. The smallest absolute Gasteiger partial charge is 0.328 e. The van der Waals surface area contributed by atoms with Crippen LogP contribution < -0.4 is 0 Å². The summed E-state index contributed by atoms with van der Waals surface area (Å²) in [5.74, 6) is -0.751. The Morgan fingerprint density at radius 1 is 1.55 bits per heavy atom. The number of hydrogen-bond acceptors (Lipinski definition) is 2. The predicted octanol–water partition coefficient (Wildman–Crippen LogP) is 1.24. The van der Waals surface area contributed by atoms with Crippen LogP contribution in [0.5, 0.6) is 0 Å². The van der Waals surface area contributed by atoms with Crippen molar-refractivity contribution in [3.05, 3.63) is 11.6 Å². The van der Waals surface area contributed by atoms with Gasteiger partial charge in [0.2, 0.25) is 0 Å². The first kappa shape index (κ1) is 9.88. The molecule has 3 heteroatoms. The van der Waals surface area contributed by atoms with Crippen molar-refractivity contribution in [1.29, 1.82) is 0 Å². The lowest BCUT2D eigenvalue weighted by Crippen LogP contribution is -1.97. The Morgan fingerprint density at radius 2 is 2.09 bits per heavy atom. The largest absolute Gasteiger partial charge is 0.478 e. The second kappa shape index (κ2) is 4.66. The molecular formula is C8H12O3. The predicted molar refractivity (Wildman–Crippen MR) is 41.2 cm³/mol. The van der Waals surface area contributed by atoms with Crippen LogP contribution in [0.1, 0.15) is 20.3 Å². The zero-order valence-corrected chi connectivity index (χ0v) is 6.70. The third-order valence-electron chi connectivity index (χ3n) is 1.10. The molecule has 0 saturated carbocycles. The first-order chi connectivity index (χ1) is 5.06. The van der Waals surface area contributed by atoms with Gasteiger partial charge in [-0.05, 0) is 17.9 Å². The van der Waals surface area contributed by atoms with Crippen molar-refractivity contribution in [2.45, 2.75) is 20.3 Å². The number of carboxylic acid groups (broad SMARTS) is 1. The van der Waals surface area contributed by atoms with E-state index in [2.05, 4.69) is 0 Å². The molecule has 62 valence electrons. The molecule has 11 heavy (non-hydrogen) atoms. The molecule has 0 aliphatic heterocycles. The Bertz CT molecular complexity index is 180. The molecule has 0 radical (unpaired) electrons. The van der Waals surface area contributed by atoms with Gasteiger partial charge in [-0.15, -0.1) is 0 Å². The van der Waals surface area contributed by atoms with E-state index in [1.54, 1.807) is 0 Å². The summed E-state index contributed by atoms with van der Waals surface area (Å²) in [6, 6.07) is 0. The van der Waals surface area contributed by atoms with E-state index in [9.17, 15) is 9.59 Å².